The Bertz CT molecular complexity index is 348. The summed E-state index contributed by atoms with van der Waals surface area (Å²) in [6.07, 6.45) is 0.495. The molecule has 1 aromatic carbocycles. The Morgan fingerprint density at radius 2 is 1.79 bits per heavy atom. The van der Waals surface area contributed by atoms with Crippen LogP contribution in [-0.2, 0) is 0 Å². The summed E-state index contributed by atoms with van der Waals surface area (Å²) in [6.45, 7) is 0.648. The van der Waals surface area contributed by atoms with Crippen LogP contribution >= 0.6 is 47.8 Å². The second kappa shape index (κ2) is 5.74. The molecule has 5 heteroatoms. The topological polar surface area (TPSA) is 35.8 Å². The van der Waals surface area contributed by atoms with Crippen LogP contribution < -0.4 is 5.32 Å². The van der Waals surface area contributed by atoms with Gasteiger partial charge in [-0.25, -0.2) is 0 Å². The van der Waals surface area contributed by atoms with Crippen LogP contribution in [0.2, 0.25) is 0 Å². The normalized spacial score (nSPS) is 9.57. The van der Waals surface area contributed by atoms with Gasteiger partial charge in [0.1, 0.15) is 0 Å². The molecule has 0 atom stereocenters. The Morgan fingerprint density at radius 1 is 1.21 bits per heavy atom. The van der Waals surface area contributed by atoms with Crippen LogP contribution in [0.5, 0.6) is 0 Å². The molecule has 0 aliphatic rings. The fourth-order valence-corrected chi connectivity index (χ4v) is 3.49. The van der Waals surface area contributed by atoms with Gasteiger partial charge in [-0.1, -0.05) is 15.9 Å². The lowest BCUT2D eigenvalue weighted by Crippen LogP contribution is -2.01. The van der Waals surface area contributed by atoms with Crippen LogP contribution in [0.25, 0.3) is 0 Å². The average molecular weight is 383 g/mol. The monoisotopic (exact) mass is 380 g/mol. The fourth-order valence-electron chi connectivity index (χ4n) is 0.954. The molecule has 1 N–H and O–H groups in total. The van der Waals surface area contributed by atoms with E-state index in [1.807, 2.05) is 12.1 Å². The zero-order valence-corrected chi connectivity index (χ0v) is 11.9. The molecular formula is C9H7Br3N2. The number of anilines is 1. The first kappa shape index (κ1) is 12.0. The van der Waals surface area contributed by atoms with Crippen molar-refractivity contribution in [3.8, 4) is 6.07 Å². The molecule has 14 heavy (non-hydrogen) atoms. The zero-order valence-electron chi connectivity index (χ0n) is 7.15. The van der Waals surface area contributed by atoms with Gasteiger partial charge in [0.05, 0.1) is 18.2 Å². The molecule has 0 aromatic heterocycles. The maximum Gasteiger partial charge on any atom is 0.0640 e. The third kappa shape index (κ3) is 3.26. The van der Waals surface area contributed by atoms with Crippen LogP contribution in [0, 0.1) is 11.3 Å². The van der Waals surface area contributed by atoms with Gasteiger partial charge in [0, 0.05) is 20.0 Å². The van der Waals surface area contributed by atoms with Gasteiger partial charge in [0.2, 0.25) is 0 Å². The number of benzene rings is 1. The molecule has 0 aliphatic carbocycles. The second-order valence-corrected chi connectivity index (χ2v) is 5.20. The summed E-state index contributed by atoms with van der Waals surface area (Å²) >= 11 is 10.3. The van der Waals surface area contributed by atoms with Crippen LogP contribution in [0.1, 0.15) is 6.42 Å². The molecule has 0 saturated heterocycles. The summed E-state index contributed by atoms with van der Waals surface area (Å²) < 4.78 is 2.94. The van der Waals surface area contributed by atoms with Crippen molar-refractivity contribution < 1.29 is 0 Å². The Labute approximate surface area is 108 Å². The van der Waals surface area contributed by atoms with E-state index >= 15 is 0 Å². The van der Waals surface area contributed by atoms with E-state index in [4.69, 9.17) is 5.26 Å². The summed E-state index contributed by atoms with van der Waals surface area (Å²) in [6, 6.07) is 6.00. The molecular weight excluding hydrogens is 376 g/mol. The van der Waals surface area contributed by atoms with E-state index in [2.05, 4.69) is 59.2 Å². The van der Waals surface area contributed by atoms with E-state index in [9.17, 15) is 0 Å². The smallest absolute Gasteiger partial charge is 0.0640 e. The summed E-state index contributed by atoms with van der Waals surface area (Å²) in [5.41, 5.74) is 0.975. The largest absolute Gasteiger partial charge is 0.382 e. The van der Waals surface area contributed by atoms with E-state index in [0.29, 0.717) is 13.0 Å². The van der Waals surface area contributed by atoms with Gasteiger partial charge in [-0.05, 0) is 44.0 Å². The number of rotatable bonds is 3. The maximum absolute atomic E-state index is 8.41. The molecule has 2 nitrogen and oxygen atoms in total. The minimum Gasteiger partial charge on any atom is -0.382 e. The van der Waals surface area contributed by atoms with Crippen LogP contribution in [0.15, 0.2) is 25.6 Å². The first-order chi connectivity index (χ1) is 6.65. The Balaban J connectivity index is 2.81. The molecule has 0 unspecified atom stereocenters. The highest BCUT2D eigenvalue weighted by Gasteiger charge is 2.05. The SMILES string of the molecule is N#CCCNc1c(Br)cc(Br)cc1Br. The molecule has 0 bridgehead atoms. The minimum atomic E-state index is 0.495. The Kier molecular flexibility index (Phi) is 4.93. The minimum absolute atomic E-state index is 0.495. The van der Waals surface area contributed by atoms with Crippen molar-refractivity contribution in [3.05, 3.63) is 25.6 Å². The second-order valence-electron chi connectivity index (χ2n) is 2.58. The predicted octanol–water partition coefficient (Wildman–Crippen LogP) is 4.30. The number of nitriles is 1. The van der Waals surface area contributed by atoms with Crippen LogP contribution in [0.4, 0.5) is 5.69 Å². The number of hydrogen-bond donors (Lipinski definition) is 1. The molecule has 0 saturated carbocycles. The van der Waals surface area contributed by atoms with Crippen molar-refractivity contribution in [2.45, 2.75) is 6.42 Å². The van der Waals surface area contributed by atoms with E-state index in [0.717, 1.165) is 19.1 Å². The number of hydrogen-bond acceptors (Lipinski definition) is 2. The first-order valence-electron chi connectivity index (χ1n) is 3.90. The summed E-state index contributed by atoms with van der Waals surface area (Å²) in [7, 11) is 0. The molecule has 0 fully saturated rings. The summed E-state index contributed by atoms with van der Waals surface area (Å²) in [5.74, 6) is 0. The van der Waals surface area contributed by atoms with Crippen molar-refractivity contribution in [3.63, 3.8) is 0 Å². The fraction of sp³-hybridized carbons (Fsp3) is 0.222. The standard InChI is InChI=1S/C9H7Br3N2/c10-6-4-7(11)9(8(12)5-6)14-3-1-2-13/h4-5,14H,1,3H2. The highest BCUT2D eigenvalue weighted by atomic mass is 79.9. The number of nitrogens with one attached hydrogen (secondary N) is 1. The van der Waals surface area contributed by atoms with Crippen molar-refractivity contribution >= 4 is 53.5 Å². The molecule has 74 valence electrons. The highest BCUT2D eigenvalue weighted by Crippen LogP contribution is 2.34. The molecule has 0 heterocycles. The van der Waals surface area contributed by atoms with Crippen molar-refractivity contribution in [1.29, 1.82) is 5.26 Å². The lowest BCUT2D eigenvalue weighted by Gasteiger charge is -2.09. The molecule has 0 amide bonds. The quantitative estimate of drug-likeness (QED) is 0.791. The number of nitrogens with zero attached hydrogens (tertiary/aromatic N) is 1. The Hall–Kier alpha value is -0.0500. The molecule has 1 aromatic rings. The summed E-state index contributed by atoms with van der Waals surface area (Å²) in [4.78, 5) is 0. The van der Waals surface area contributed by atoms with Gasteiger partial charge in [-0.2, -0.15) is 5.26 Å². The molecule has 0 radical (unpaired) electrons. The van der Waals surface area contributed by atoms with Crippen molar-refractivity contribution in [2.75, 3.05) is 11.9 Å². The van der Waals surface area contributed by atoms with Gasteiger partial charge in [0.15, 0.2) is 0 Å². The summed E-state index contributed by atoms with van der Waals surface area (Å²) in [5, 5.41) is 11.6. The van der Waals surface area contributed by atoms with Crippen LogP contribution in [-0.4, -0.2) is 6.54 Å². The van der Waals surface area contributed by atoms with Crippen LogP contribution in [0.3, 0.4) is 0 Å². The predicted molar refractivity (Wildman–Crippen MR) is 68.3 cm³/mol. The van der Waals surface area contributed by atoms with Crippen molar-refractivity contribution in [2.24, 2.45) is 0 Å². The van der Waals surface area contributed by atoms with Gasteiger partial charge in [0.25, 0.3) is 0 Å². The Morgan fingerprint density at radius 3 is 2.29 bits per heavy atom. The third-order valence-electron chi connectivity index (χ3n) is 1.55. The van der Waals surface area contributed by atoms with E-state index in [1.165, 1.54) is 0 Å². The van der Waals surface area contributed by atoms with E-state index < -0.39 is 0 Å². The van der Waals surface area contributed by atoms with Gasteiger partial charge < -0.3 is 5.32 Å². The van der Waals surface area contributed by atoms with Gasteiger partial charge in [-0.3, -0.25) is 0 Å². The van der Waals surface area contributed by atoms with Crippen molar-refractivity contribution in [1.82, 2.24) is 0 Å². The van der Waals surface area contributed by atoms with Gasteiger partial charge >= 0.3 is 0 Å². The number of halogens is 3. The molecule has 1 rings (SSSR count). The first-order valence-corrected chi connectivity index (χ1v) is 6.28. The van der Waals surface area contributed by atoms with E-state index in [1.54, 1.807) is 0 Å². The maximum atomic E-state index is 8.41. The highest BCUT2D eigenvalue weighted by molar-refractivity contribution is 9.11. The zero-order chi connectivity index (χ0) is 10.6. The average Bonchev–Trinajstić information content (AvgIpc) is 2.09. The third-order valence-corrected chi connectivity index (χ3v) is 3.25. The lowest BCUT2D eigenvalue weighted by atomic mass is 10.3. The van der Waals surface area contributed by atoms with Gasteiger partial charge in [-0.15, -0.1) is 0 Å². The lowest BCUT2D eigenvalue weighted by molar-refractivity contribution is 1.07. The van der Waals surface area contributed by atoms with E-state index in [-0.39, 0.29) is 0 Å². The molecule has 0 spiro atoms. The molecule has 0 aliphatic heterocycles.